The minimum Gasteiger partial charge on any atom is -0.463 e. The number of ether oxygens (including phenoxy) is 1. The van der Waals surface area contributed by atoms with Crippen LogP contribution in [-0.2, 0) is 14.3 Å². The molecule has 0 bridgehead atoms. The minimum absolute atomic E-state index is 0.0250. The highest BCUT2D eigenvalue weighted by molar-refractivity contribution is 5.99. The number of nitrogens with zero attached hydrogens (tertiary/aromatic N) is 1. The summed E-state index contributed by atoms with van der Waals surface area (Å²) in [4.78, 5) is 24.7. The number of carbonyl (C=O) groups excluding carboxylic acids is 2. The van der Waals surface area contributed by atoms with Crippen molar-refractivity contribution in [3.8, 4) is 0 Å². The van der Waals surface area contributed by atoms with Gasteiger partial charge in [0.1, 0.15) is 0 Å². The molecule has 0 atom stereocenters. The highest BCUT2D eigenvalue weighted by atomic mass is 16.5. The lowest BCUT2D eigenvalue weighted by atomic mass is 10.1. The number of esters is 1. The largest absolute Gasteiger partial charge is 0.463 e. The Bertz CT molecular complexity index is 511. The van der Waals surface area contributed by atoms with Crippen molar-refractivity contribution < 1.29 is 14.3 Å². The zero-order chi connectivity index (χ0) is 13.7. The maximum absolute atomic E-state index is 11.7. The fraction of sp³-hybridized carbons (Fsp3) is 0.286. The van der Waals surface area contributed by atoms with Crippen molar-refractivity contribution in [2.24, 2.45) is 0 Å². The summed E-state index contributed by atoms with van der Waals surface area (Å²) in [6.07, 6.45) is 3.04. The van der Waals surface area contributed by atoms with E-state index in [0.29, 0.717) is 19.8 Å². The second-order valence-electron chi connectivity index (χ2n) is 4.05. The molecule has 5 heteroatoms. The van der Waals surface area contributed by atoms with Crippen LogP contribution in [0.5, 0.6) is 0 Å². The average molecular weight is 260 g/mol. The van der Waals surface area contributed by atoms with Gasteiger partial charge in [0.2, 0.25) is 5.91 Å². The molecule has 1 N–H and O–H groups in total. The number of hydrogen-bond acceptors (Lipinski definition) is 4. The summed E-state index contributed by atoms with van der Waals surface area (Å²) in [6.45, 7) is 2.94. The van der Waals surface area contributed by atoms with Crippen LogP contribution in [0.4, 0.5) is 5.69 Å². The van der Waals surface area contributed by atoms with Crippen LogP contribution in [0.25, 0.3) is 6.08 Å². The summed E-state index contributed by atoms with van der Waals surface area (Å²) in [5, 5.41) is 2.99. The molecule has 0 spiro atoms. The molecule has 1 amide bonds. The summed E-state index contributed by atoms with van der Waals surface area (Å²) in [5.74, 6) is -0.361. The van der Waals surface area contributed by atoms with Gasteiger partial charge in [-0.15, -0.1) is 0 Å². The zero-order valence-electron chi connectivity index (χ0n) is 10.8. The van der Waals surface area contributed by atoms with Crippen LogP contribution in [0.3, 0.4) is 0 Å². The van der Waals surface area contributed by atoms with Gasteiger partial charge in [-0.05, 0) is 24.6 Å². The number of nitrogens with one attached hydrogen (secondary N) is 1. The highest BCUT2D eigenvalue weighted by Gasteiger charge is 2.22. The van der Waals surface area contributed by atoms with Gasteiger partial charge in [-0.2, -0.15) is 0 Å². The van der Waals surface area contributed by atoms with Gasteiger partial charge < -0.3 is 4.74 Å². The van der Waals surface area contributed by atoms with E-state index >= 15 is 0 Å². The molecular formula is C14H16N2O3. The number of amides is 1. The van der Waals surface area contributed by atoms with Gasteiger partial charge in [-0.3, -0.25) is 15.0 Å². The first-order valence-corrected chi connectivity index (χ1v) is 6.17. The van der Waals surface area contributed by atoms with E-state index in [2.05, 4.69) is 5.32 Å². The topological polar surface area (TPSA) is 58.6 Å². The summed E-state index contributed by atoms with van der Waals surface area (Å²) in [6, 6.07) is 7.44. The van der Waals surface area contributed by atoms with Crippen molar-refractivity contribution in [1.82, 2.24) is 5.32 Å². The molecule has 1 aliphatic heterocycles. The molecule has 0 aliphatic carbocycles. The molecular weight excluding hydrogens is 244 g/mol. The molecule has 19 heavy (non-hydrogen) atoms. The Kier molecular flexibility index (Phi) is 4.30. The molecule has 1 saturated heterocycles. The van der Waals surface area contributed by atoms with Crippen LogP contribution < -0.4 is 10.2 Å². The quantitative estimate of drug-likeness (QED) is 0.652. The Balaban J connectivity index is 2.21. The van der Waals surface area contributed by atoms with Gasteiger partial charge in [0.05, 0.1) is 25.5 Å². The monoisotopic (exact) mass is 260 g/mol. The average Bonchev–Trinajstić information content (AvgIpc) is 2.83. The first-order chi connectivity index (χ1) is 9.22. The highest BCUT2D eigenvalue weighted by Crippen LogP contribution is 2.22. The van der Waals surface area contributed by atoms with Crippen LogP contribution in [0, 0.1) is 0 Å². The van der Waals surface area contributed by atoms with Crippen LogP contribution in [0.2, 0.25) is 0 Å². The second kappa shape index (κ2) is 6.15. The van der Waals surface area contributed by atoms with Crippen molar-refractivity contribution in [1.29, 1.82) is 0 Å². The lowest BCUT2D eigenvalue weighted by Gasteiger charge is -2.17. The van der Waals surface area contributed by atoms with Crippen LogP contribution in [0.15, 0.2) is 30.3 Å². The molecule has 1 aliphatic rings. The van der Waals surface area contributed by atoms with E-state index in [4.69, 9.17) is 4.74 Å². The number of rotatable bonds is 4. The van der Waals surface area contributed by atoms with Gasteiger partial charge in [-0.1, -0.05) is 18.2 Å². The smallest absolute Gasteiger partial charge is 0.330 e. The SMILES string of the molecule is CCOC(=O)/C=C/c1ccccc1N1CNCC1=O. The standard InChI is InChI=1S/C14H16N2O3/c1-2-19-14(18)8-7-11-5-3-4-6-12(11)16-10-15-9-13(16)17/h3-8,15H,2,9-10H2,1H3/b8-7+. The molecule has 0 unspecified atom stereocenters. The summed E-state index contributed by atoms with van der Waals surface area (Å²) in [7, 11) is 0. The van der Waals surface area contributed by atoms with E-state index in [1.807, 2.05) is 24.3 Å². The van der Waals surface area contributed by atoms with Crippen LogP contribution in [-0.4, -0.2) is 31.7 Å². The van der Waals surface area contributed by atoms with Crippen molar-refractivity contribution >= 4 is 23.6 Å². The second-order valence-corrected chi connectivity index (χ2v) is 4.05. The zero-order valence-corrected chi connectivity index (χ0v) is 10.8. The van der Waals surface area contributed by atoms with E-state index in [0.717, 1.165) is 11.3 Å². The maximum atomic E-state index is 11.7. The van der Waals surface area contributed by atoms with Gasteiger partial charge in [0, 0.05) is 6.08 Å². The molecule has 0 saturated carbocycles. The number of hydrogen-bond donors (Lipinski definition) is 1. The molecule has 1 aromatic rings. The number of benzene rings is 1. The molecule has 1 heterocycles. The lowest BCUT2D eigenvalue weighted by molar-refractivity contribution is -0.137. The summed E-state index contributed by atoms with van der Waals surface area (Å²) < 4.78 is 4.83. The van der Waals surface area contributed by atoms with Gasteiger partial charge in [-0.25, -0.2) is 4.79 Å². The third-order valence-corrected chi connectivity index (χ3v) is 2.76. The maximum Gasteiger partial charge on any atom is 0.330 e. The first-order valence-electron chi connectivity index (χ1n) is 6.17. The number of carbonyl (C=O) groups is 2. The van der Waals surface area contributed by atoms with Crippen LogP contribution >= 0.6 is 0 Å². The Morgan fingerprint density at radius 3 is 2.95 bits per heavy atom. The van der Waals surface area contributed by atoms with Crippen LogP contribution in [0.1, 0.15) is 12.5 Å². The first kappa shape index (κ1) is 13.3. The number of para-hydroxylation sites is 1. The van der Waals surface area contributed by atoms with E-state index in [-0.39, 0.29) is 11.9 Å². The summed E-state index contributed by atoms with van der Waals surface area (Å²) >= 11 is 0. The van der Waals surface area contributed by atoms with Crippen molar-refractivity contribution in [2.75, 3.05) is 24.7 Å². The van der Waals surface area contributed by atoms with Gasteiger partial charge in [0.25, 0.3) is 0 Å². The van der Waals surface area contributed by atoms with Gasteiger partial charge in [0.15, 0.2) is 0 Å². The fourth-order valence-corrected chi connectivity index (χ4v) is 1.90. The van der Waals surface area contributed by atoms with E-state index in [1.165, 1.54) is 6.08 Å². The molecule has 1 fully saturated rings. The third kappa shape index (κ3) is 3.20. The van der Waals surface area contributed by atoms with E-state index in [1.54, 1.807) is 17.9 Å². The molecule has 5 nitrogen and oxygen atoms in total. The normalized spacial score (nSPS) is 15.2. The Morgan fingerprint density at radius 2 is 2.26 bits per heavy atom. The predicted molar refractivity (Wildman–Crippen MR) is 72.5 cm³/mol. The van der Waals surface area contributed by atoms with E-state index < -0.39 is 0 Å². The number of anilines is 1. The molecule has 2 rings (SSSR count). The Morgan fingerprint density at radius 1 is 1.47 bits per heavy atom. The Labute approximate surface area is 111 Å². The van der Waals surface area contributed by atoms with Crippen molar-refractivity contribution in [2.45, 2.75) is 6.92 Å². The Hall–Kier alpha value is -2.14. The summed E-state index contributed by atoms with van der Waals surface area (Å²) in [5.41, 5.74) is 1.60. The molecule has 0 aromatic heterocycles. The minimum atomic E-state index is -0.386. The lowest BCUT2D eigenvalue weighted by Crippen LogP contribution is -2.26. The van der Waals surface area contributed by atoms with Crippen molar-refractivity contribution in [3.63, 3.8) is 0 Å². The third-order valence-electron chi connectivity index (χ3n) is 2.76. The fourth-order valence-electron chi connectivity index (χ4n) is 1.90. The van der Waals surface area contributed by atoms with E-state index in [9.17, 15) is 9.59 Å². The van der Waals surface area contributed by atoms with Crippen molar-refractivity contribution in [3.05, 3.63) is 35.9 Å². The molecule has 0 radical (unpaired) electrons. The van der Waals surface area contributed by atoms with Gasteiger partial charge >= 0.3 is 5.97 Å². The molecule has 1 aromatic carbocycles. The predicted octanol–water partition coefficient (Wildman–Crippen LogP) is 1.16. The molecule has 100 valence electrons.